The number of aryl methyl sites for hydroxylation is 1. The molecule has 2 aromatic rings. The molecule has 0 spiro atoms. The fourth-order valence-corrected chi connectivity index (χ4v) is 3.37. The Labute approximate surface area is 147 Å². The maximum atomic E-state index is 12.8. The minimum atomic E-state index is -0.543. The van der Waals surface area contributed by atoms with Crippen LogP contribution >= 0.6 is 0 Å². The second-order valence-electron chi connectivity index (χ2n) is 6.61. The average molecular weight is 340 g/mol. The summed E-state index contributed by atoms with van der Waals surface area (Å²) < 4.78 is 0. The number of carbonyl (C=O) groups excluding carboxylic acids is 2. The number of nitrogens with zero attached hydrogens (tertiary/aromatic N) is 2. The Morgan fingerprint density at radius 2 is 2.08 bits per heavy atom. The lowest BCUT2D eigenvalue weighted by Crippen LogP contribution is -2.39. The first-order valence-electron chi connectivity index (χ1n) is 8.81. The molecule has 6 heteroatoms. The number of benzene rings is 1. The molecule has 1 saturated heterocycles. The van der Waals surface area contributed by atoms with Gasteiger partial charge in [0.15, 0.2) is 0 Å². The number of hydrogen-bond acceptors (Lipinski definition) is 3. The summed E-state index contributed by atoms with van der Waals surface area (Å²) in [6, 6.07) is 9.59. The Kier molecular flexibility index (Phi) is 5.16. The van der Waals surface area contributed by atoms with Crippen LogP contribution < -0.4 is 5.73 Å². The second-order valence-corrected chi connectivity index (χ2v) is 6.61. The van der Waals surface area contributed by atoms with Crippen molar-refractivity contribution in [3.63, 3.8) is 0 Å². The molecule has 1 aliphatic heterocycles. The first kappa shape index (κ1) is 17.2. The molecular formula is C19H24N4O2. The number of hydrogen-bond donors (Lipinski definition) is 2. The van der Waals surface area contributed by atoms with Gasteiger partial charge in [0, 0.05) is 30.3 Å². The van der Waals surface area contributed by atoms with Gasteiger partial charge < -0.3 is 10.6 Å². The van der Waals surface area contributed by atoms with Crippen molar-refractivity contribution < 1.29 is 9.59 Å². The Bertz CT molecular complexity index is 751. The lowest BCUT2D eigenvalue weighted by Gasteiger charge is -2.32. The number of piperidine rings is 1. The van der Waals surface area contributed by atoms with Gasteiger partial charge in [-0.2, -0.15) is 5.10 Å². The molecule has 2 amide bonds. The van der Waals surface area contributed by atoms with Gasteiger partial charge in [0.25, 0.3) is 11.8 Å². The fourth-order valence-electron chi connectivity index (χ4n) is 3.37. The van der Waals surface area contributed by atoms with E-state index in [9.17, 15) is 9.59 Å². The van der Waals surface area contributed by atoms with Gasteiger partial charge in [0.1, 0.15) is 5.69 Å². The van der Waals surface area contributed by atoms with Crippen molar-refractivity contribution in [3.05, 3.63) is 52.8 Å². The van der Waals surface area contributed by atoms with E-state index in [0.29, 0.717) is 6.54 Å². The first-order valence-corrected chi connectivity index (χ1v) is 8.81. The number of rotatable bonds is 5. The smallest absolute Gasteiger partial charge is 0.269 e. The zero-order chi connectivity index (χ0) is 17.8. The summed E-state index contributed by atoms with van der Waals surface area (Å²) in [5, 5.41) is 6.83. The van der Waals surface area contributed by atoms with Crippen molar-refractivity contribution in [1.82, 2.24) is 15.1 Å². The lowest BCUT2D eigenvalue weighted by molar-refractivity contribution is 0.0705. The van der Waals surface area contributed by atoms with Crippen LogP contribution in [0.5, 0.6) is 0 Å². The Morgan fingerprint density at radius 3 is 2.72 bits per heavy atom. The third-order valence-corrected chi connectivity index (χ3v) is 4.74. The predicted molar refractivity (Wildman–Crippen MR) is 95.4 cm³/mol. The van der Waals surface area contributed by atoms with Crippen LogP contribution in [0.25, 0.3) is 0 Å². The third-order valence-electron chi connectivity index (χ3n) is 4.74. The van der Waals surface area contributed by atoms with E-state index in [4.69, 9.17) is 5.73 Å². The normalized spacial score (nSPS) is 17.5. The van der Waals surface area contributed by atoms with E-state index in [1.807, 2.05) is 29.2 Å². The van der Waals surface area contributed by atoms with Crippen molar-refractivity contribution >= 4 is 11.8 Å². The fraction of sp³-hybridized carbons (Fsp3) is 0.421. The van der Waals surface area contributed by atoms with E-state index in [-0.39, 0.29) is 17.5 Å². The highest BCUT2D eigenvalue weighted by atomic mass is 16.2. The summed E-state index contributed by atoms with van der Waals surface area (Å²) in [5.41, 5.74) is 8.34. The van der Waals surface area contributed by atoms with Gasteiger partial charge in [0.05, 0.1) is 0 Å². The van der Waals surface area contributed by atoms with Gasteiger partial charge in [-0.15, -0.1) is 0 Å². The van der Waals surface area contributed by atoms with E-state index in [2.05, 4.69) is 17.1 Å². The van der Waals surface area contributed by atoms with Gasteiger partial charge in [-0.1, -0.05) is 25.5 Å². The van der Waals surface area contributed by atoms with Gasteiger partial charge in [-0.3, -0.25) is 14.7 Å². The summed E-state index contributed by atoms with van der Waals surface area (Å²) in [4.78, 5) is 25.9. The molecule has 132 valence electrons. The highest BCUT2D eigenvalue weighted by Crippen LogP contribution is 2.27. The summed E-state index contributed by atoms with van der Waals surface area (Å²) in [6.45, 7) is 3.52. The van der Waals surface area contributed by atoms with Crippen molar-refractivity contribution in [2.75, 3.05) is 13.1 Å². The molecule has 25 heavy (non-hydrogen) atoms. The molecule has 3 rings (SSSR count). The van der Waals surface area contributed by atoms with Crippen molar-refractivity contribution in [3.8, 4) is 0 Å². The van der Waals surface area contributed by atoms with E-state index in [0.717, 1.165) is 43.5 Å². The number of H-pyrrole nitrogens is 1. The SMILES string of the molecule is CCCc1ccc(C(=O)N2CCC[C@@H](c3cc(C(N)=O)n[nH]3)C2)cc1. The largest absolute Gasteiger partial charge is 0.364 e. The van der Waals surface area contributed by atoms with Gasteiger partial charge in [-0.25, -0.2) is 0 Å². The van der Waals surface area contributed by atoms with Crippen molar-refractivity contribution in [2.45, 2.75) is 38.5 Å². The molecule has 1 aromatic heterocycles. The summed E-state index contributed by atoms with van der Waals surface area (Å²) in [5.74, 6) is -0.335. The van der Waals surface area contributed by atoms with Gasteiger partial charge in [-0.05, 0) is 43.0 Å². The van der Waals surface area contributed by atoms with Crippen molar-refractivity contribution in [2.24, 2.45) is 5.73 Å². The highest BCUT2D eigenvalue weighted by Gasteiger charge is 2.27. The molecule has 0 unspecified atom stereocenters. The van der Waals surface area contributed by atoms with Crippen LogP contribution in [0.3, 0.4) is 0 Å². The number of nitrogens with two attached hydrogens (primary N) is 1. The van der Waals surface area contributed by atoms with E-state index < -0.39 is 5.91 Å². The molecule has 1 aromatic carbocycles. The van der Waals surface area contributed by atoms with Crippen LogP contribution in [0.4, 0.5) is 0 Å². The molecule has 1 atom stereocenters. The molecule has 3 N–H and O–H groups in total. The monoisotopic (exact) mass is 340 g/mol. The van der Waals surface area contributed by atoms with Crippen LogP contribution in [0, 0.1) is 0 Å². The number of aromatic amines is 1. The Hall–Kier alpha value is -2.63. The minimum Gasteiger partial charge on any atom is -0.364 e. The first-order chi connectivity index (χ1) is 12.1. The van der Waals surface area contributed by atoms with Crippen LogP contribution in [0.2, 0.25) is 0 Å². The molecule has 0 saturated carbocycles. The molecule has 0 aliphatic carbocycles. The molecular weight excluding hydrogens is 316 g/mol. The van der Waals surface area contributed by atoms with Gasteiger partial charge in [0.2, 0.25) is 0 Å². The molecule has 1 fully saturated rings. The second kappa shape index (κ2) is 7.51. The van der Waals surface area contributed by atoms with E-state index in [1.54, 1.807) is 6.07 Å². The van der Waals surface area contributed by atoms with Crippen molar-refractivity contribution in [1.29, 1.82) is 0 Å². The number of carbonyl (C=O) groups is 2. The average Bonchev–Trinajstić information content (AvgIpc) is 3.13. The lowest BCUT2D eigenvalue weighted by atomic mass is 9.94. The topological polar surface area (TPSA) is 92.1 Å². The maximum Gasteiger partial charge on any atom is 0.269 e. The van der Waals surface area contributed by atoms with E-state index >= 15 is 0 Å². The quantitative estimate of drug-likeness (QED) is 0.876. The third kappa shape index (κ3) is 3.90. The number of nitrogens with one attached hydrogen (secondary N) is 1. The maximum absolute atomic E-state index is 12.8. The predicted octanol–water partition coefficient (Wildman–Crippen LogP) is 2.48. The number of primary amides is 1. The van der Waals surface area contributed by atoms with Crippen LogP contribution in [0.1, 0.15) is 64.2 Å². The number of aromatic nitrogens is 2. The molecule has 0 bridgehead atoms. The molecule has 6 nitrogen and oxygen atoms in total. The number of amides is 2. The van der Waals surface area contributed by atoms with Crippen LogP contribution in [0.15, 0.2) is 30.3 Å². The summed E-state index contributed by atoms with van der Waals surface area (Å²) in [7, 11) is 0. The Balaban J connectivity index is 1.69. The standard InChI is InChI=1S/C19H24N4O2/c1-2-4-13-6-8-14(9-7-13)19(25)23-10-3-5-15(12-23)16-11-17(18(20)24)22-21-16/h6-9,11,15H,2-5,10,12H2,1H3,(H2,20,24)(H,21,22)/t15-/m1/s1. The zero-order valence-corrected chi connectivity index (χ0v) is 14.5. The minimum absolute atomic E-state index is 0.0578. The molecule has 1 aliphatic rings. The number of likely N-dealkylation sites (tertiary alicyclic amines) is 1. The zero-order valence-electron chi connectivity index (χ0n) is 14.5. The molecule has 2 heterocycles. The van der Waals surface area contributed by atoms with E-state index in [1.165, 1.54) is 5.56 Å². The highest BCUT2D eigenvalue weighted by molar-refractivity contribution is 5.94. The van der Waals surface area contributed by atoms with Gasteiger partial charge >= 0.3 is 0 Å². The van der Waals surface area contributed by atoms with Crippen LogP contribution in [-0.2, 0) is 6.42 Å². The summed E-state index contributed by atoms with van der Waals surface area (Å²) >= 11 is 0. The van der Waals surface area contributed by atoms with Crippen LogP contribution in [-0.4, -0.2) is 40.0 Å². The summed E-state index contributed by atoms with van der Waals surface area (Å²) in [6.07, 6.45) is 4.01. The molecule has 0 radical (unpaired) electrons. The Morgan fingerprint density at radius 1 is 1.32 bits per heavy atom.